The van der Waals surface area contributed by atoms with Gasteiger partial charge in [0.15, 0.2) is 0 Å². The van der Waals surface area contributed by atoms with Crippen LogP contribution in [0.15, 0.2) is 260 Å². The minimum atomic E-state index is 0.937. The first kappa shape index (κ1) is 48.1. The molecular formula is C80H52N4. The summed E-state index contributed by atoms with van der Waals surface area (Å²) in [4.78, 5) is 20.2. The Hall–Kier alpha value is -10.7. The maximum absolute atomic E-state index is 5.11. The minimum Gasteiger partial charge on any atom is -0.261 e. The summed E-state index contributed by atoms with van der Waals surface area (Å²) < 4.78 is 0. The molecule has 392 valence electrons. The molecule has 0 amide bonds. The van der Waals surface area contributed by atoms with Crippen LogP contribution in [-0.4, -0.2) is 21.2 Å². The maximum Gasteiger partial charge on any atom is 0.0708 e. The van der Waals surface area contributed by atoms with Crippen molar-refractivity contribution in [3.05, 3.63) is 272 Å². The van der Waals surface area contributed by atoms with Gasteiger partial charge in [-0.2, -0.15) is 0 Å². The van der Waals surface area contributed by atoms with Crippen LogP contribution in [0.5, 0.6) is 0 Å². The summed E-state index contributed by atoms with van der Waals surface area (Å²) in [5, 5.41) is 16.8. The highest BCUT2D eigenvalue weighted by atomic mass is 14.7. The van der Waals surface area contributed by atoms with Gasteiger partial charge in [-0.15, -0.1) is 0 Å². The highest BCUT2D eigenvalue weighted by molar-refractivity contribution is 6.36. The van der Waals surface area contributed by atoms with Gasteiger partial charge in [0.25, 0.3) is 0 Å². The Morgan fingerprint density at radius 3 is 1.18 bits per heavy atom. The summed E-state index contributed by atoms with van der Waals surface area (Å²) >= 11 is 0. The second kappa shape index (κ2) is 19.5. The number of aliphatic imine (C=N–C) groups is 1. The Balaban J connectivity index is 1.08. The van der Waals surface area contributed by atoms with Crippen molar-refractivity contribution in [3.63, 3.8) is 0 Å². The lowest BCUT2D eigenvalue weighted by Crippen LogP contribution is -2.01. The summed E-state index contributed by atoms with van der Waals surface area (Å²) in [6.07, 6.45) is 18.6. The molecule has 17 rings (SSSR count). The molecule has 0 spiro atoms. The summed E-state index contributed by atoms with van der Waals surface area (Å²) in [5.74, 6) is 0. The lowest BCUT2D eigenvalue weighted by molar-refractivity contribution is 0.988. The zero-order valence-electron chi connectivity index (χ0n) is 46.0. The van der Waals surface area contributed by atoms with E-state index in [1.807, 2.05) is 36.8 Å². The highest BCUT2D eigenvalue weighted by Gasteiger charge is 2.26. The van der Waals surface area contributed by atoms with Crippen molar-refractivity contribution in [1.29, 1.82) is 0 Å². The van der Waals surface area contributed by atoms with Crippen LogP contribution < -0.4 is 0 Å². The summed E-state index contributed by atoms with van der Waals surface area (Å²) in [7, 11) is 0. The second-order valence-corrected chi connectivity index (χ2v) is 22.5. The van der Waals surface area contributed by atoms with E-state index in [1.54, 1.807) is 0 Å². The zero-order valence-corrected chi connectivity index (χ0v) is 46.0. The van der Waals surface area contributed by atoms with Crippen LogP contribution in [0.1, 0.15) is 36.0 Å². The predicted octanol–water partition coefficient (Wildman–Crippen LogP) is 21.2. The van der Waals surface area contributed by atoms with Gasteiger partial charge in [0.2, 0.25) is 0 Å². The fraction of sp³-hybridized carbons (Fsp3) is 0.0500. The Labute approximate surface area is 486 Å². The number of allylic oxidation sites excluding steroid dienone is 2. The molecule has 1 aliphatic carbocycles. The fourth-order valence-electron chi connectivity index (χ4n) is 14.2. The molecule has 3 aromatic heterocycles. The van der Waals surface area contributed by atoms with Crippen molar-refractivity contribution in [3.8, 4) is 78.3 Å². The van der Waals surface area contributed by atoms with Crippen LogP contribution in [0, 0.1) is 0 Å². The second-order valence-electron chi connectivity index (χ2n) is 22.5. The Morgan fingerprint density at radius 1 is 0.310 bits per heavy atom. The van der Waals surface area contributed by atoms with E-state index in [0.29, 0.717) is 0 Å². The Kier molecular flexibility index (Phi) is 11.2. The topological polar surface area (TPSA) is 51.0 Å². The minimum absolute atomic E-state index is 0.937. The molecule has 2 aliphatic rings. The molecule has 15 aromatic rings. The zero-order chi connectivity index (χ0) is 55.2. The first-order valence-corrected chi connectivity index (χ1v) is 29.3. The molecular weight excluding hydrogens is 1020 g/mol. The van der Waals surface area contributed by atoms with E-state index >= 15 is 0 Å². The Morgan fingerprint density at radius 2 is 0.726 bits per heavy atom. The molecule has 4 heteroatoms. The van der Waals surface area contributed by atoms with Gasteiger partial charge in [-0.05, 0) is 242 Å². The number of hydrogen-bond donors (Lipinski definition) is 0. The molecule has 12 aromatic carbocycles. The van der Waals surface area contributed by atoms with Crippen molar-refractivity contribution in [1.82, 2.24) is 15.0 Å². The Bertz CT molecular complexity index is 5290. The van der Waals surface area contributed by atoms with Gasteiger partial charge in [-0.25, -0.2) is 0 Å². The summed E-state index contributed by atoms with van der Waals surface area (Å²) in [6, 6.07) is 83.5. The van der Waals surface area contributed by atoms with E-state index in [0.717, 1.165) is 98.5 Å². The van der Waals surface area contributed by atoms with Gasteiger partial charge >= 0.3 is 0 Å². The molecule has 1 aliphatic heterocycles. The molecule has 0 N–H and O–H groups in total. The summed E-state index contributed by atoms with van der Waals surface area (Å²) in [6.45, 7) is 0. The van der Waals surface area contributed by atoms with Gasteiger partial charge in [0.05, 0.1) is 22.8 Å². The van der Waals surface area contributed by atoms with Crippen LogP contribution in [0.4, 0.5) is 0 Å². The largest absolute Gasteiger partial charge is 0.261 e. The van der Waals surface area contributed by atoms with Gasteiger partial charge in [0, 0.05) is 47.1 Å². The molecule has 0 fully saturated rings. The number of aromatic nitrogens is 3. The van der Waals surface area contributed by atoms with Crippen LogP contribution in [0.2, 0.25) is 0 Å². The molecule has 0 bridgehead atoms. The molecule has 0 saturated heterocycles. The first-order valence-electron chi connectivity index (χ1n) is 29.3. The van der Waals surface area contributed by atoms with Crippen molar-refractivity contribution in [2.75, 3.05) is 0 Å². The number of fused-ring (bicyclic) bond motifs is 6. The van der Waals surface area contributed by atoms with Crippen molar-refractivity contribution in [2.45, 2.75) is 25.7 Å². The van der Waals surface area contributed by atoms with E-state index in [1.165, 1.54) is 103 Å². The molecule has 0 saturated carbocycles. The highest BCUT2D eigenvalue weighted by Crippen LogP contribution is 2.52. The fourth-order valence-corrected chi connectivity index (χ4v) is 14.2. The van der Waals surface area contributed by atoms with Gasteiger partial charge in [-0.1, -0.05) is 158 Å². The van der Waals surface area contributed by atoms with Crippen molar-refractivity contribution < 1.29 is 0 Å². The lowest BCUT2D eigenvalue weighted by Gasteiger charge is -2.24. The lowest BCUT2D eigenvalue weighted by atomic mass is 9.80. The van der Waals surface area contributed by atoms with Crippen LogP contribution in [-0.2, 0) is 6.42 Å². The molecule has 0 radical (unpaired) electrons. The standard InChI is InChI=1S/C80H52N4/c1-5-21-59-49(17-1)29-33-63(71-25-9-13-37-81-71)75(59)55-41-53-42-56(76-60-22-6-2-18-50(60)30-34-64(76)72-26-10-14-38-82-72)47-69-70-48-58(78-62-24-8-4-20-52(62)32-36-66(78)74-28-12-16-40-84-74)44-54-43-57(46-68(80(54)70)67(45-55)79(53)69)77-61-23-7-3-19-51(61)31-35-65(77)73-27-11-15-39-83-73/h1-7,9,11-13,15-23,25-48H,8,10,14,24H2. The van der Waals surface area contributed by atoms with Crippen LogP contribution >= 0.6 is 0 Å². The van der Waals surface area contributed by atoms with E-state index in [2.05, 4.69) is 231 Å². The number of benzene rings is 12. The van der Waals surface area contributed by atoms with Crippen molar-refractivity contribution in [2.24, 2.45) is 4.99 Å². The third-order valence-electron chi connectivity index (χ3n) is 17.8. The van der Waals surface area contributed by atoms with E-state index in [-0.39, 0.29) is 0 Å². The third-order valence-corrected chi connectivity index (χ3v) is 17.8. The monoisotopic (exact) mass is 1070 g/mol. The van der Waals surface area contributed by atoms with E-state index < -0.39 is 0 Å². The van der Waals surface area contributed by atoms with Crippen LogP contribution in [0.25, 0.3) is 165 Å². The molecule has 0 atom stereocenters. The van der Waals surface area contributed by atoms with E-state index in [9.17, 15) is 0 Å². The third kappa shape index (κ3) is 7.75. The van der Waals surface area contributed by atoms with Gasteiger partial charge < -0.3 is 0 Å². The SMILES string of the molecule is C1=Cc2ccc(-c3ccccn3)c(-c3cc4cc(-c5c(-c6ccccn6)ccc6ccccc56)cc5c6cc(-c7c(-c8ccccn8)ccc8ccccc78)cc7cc(-c8c(C9=CCCC=N9)ccc9ccccc89)cc(c(c3)c45)c76)c2CC1. The average molecular weight is 1070 g/mol. The van der Waals surface area contributed by atoms with Gasteiger partial charge in [-0.3, -0.25) is 19.9 Å². The number of hydrogen-bond acceptors (Lipinski definition) is 4. The molecule has 4 nitrogen and oxygen atoms in total. The first-order chi connectivity index (χ1) is 41.7. The molecule has 84 heavy (non-hydrogen) atoms. The predicted molar refractivity (Wildman–Crippen MR) is 355 cm³/mol. The number of rotatable bonds is 8. The molecule has 4 heterocycles. The summed E-state index contributed by atoms with van der Waals surface area (Å²) in [5.41, 5.74) is 20.3. The quantitative estimate of drug-likeness (QED) is 0.113. The number of nitrogens with zero attached hydrogens (tertiary/aromatic N) is 4. The normalized spacial score (nSPS) is 13.3. The van der Waals surface area contributed by atoms with Gasteiger partial charge in [0.1, 0.15) is 0 Å². The number of pyridine rings is 3. The molecule has 0 unspecified atom stereocenters. The van der Waals surface area contributed by atoms with Crippen molar-refractivity contribution >= 4 is 93.4 Å². The van der Waals surface area contributed by atoms with Crippen LogP contribution in [0.3, 0.4) is 0 Å². The average Bonchev–Trinajstić information content (AvgIpc) is 1.21. The smallest absolute Gasteiger partial charge is 0.0708 e. The maximum atomic E-state index is 5.11. The van der Waals surface area contributed by atoms with E-state index in [4.69, 9.17) is 19.9 Å².